The fraction of sp³-hybridized carbons (Fsp3) is 0.267. The lowest BCUT2D eigenvalue weighted by atomic mass is 10.3. The van der Waals surface area contributed by atoms with Crippen molar-refractivity contribution in [3.8, 4) is 11.5 Å². The molecule has 0 bridgehead atoms. The van der Waals surface area contributed by atoms with Crippen LogP contribution in [0.1, 0.15) is 5.69 Å². The van der Waals surface area contributed by atoms with Crippen LogP contribution in [0.2, 0.25) is 0 Å². The Balaban J connectivity index is 1.67. The lowest BCUT2D eigenvalue weighted by Crippen LogP contribution is -2.26. The summed E-state index contributed by atoms with van der Waals surface area (Å²) in [5.74, 6) is 1.03. The zero-order chi connectivity index (χ0) is 15.4. The SMILES string of the molecule is O=S(=O)(NCCc1ccccn1)c1ccc2c(c1)OCCO2. The summed E-state index contributed by atoms with van der Waals surface area (Å²) in [6.07, 6.45) is 2.22. The third kappa shape index (κ3) is 3.37. The van der Waals surface area contributed by atoms with Crippen LogP contribution in [0, 0.1) is 0 Å². The van der Waals surface area contributed by atoms with Gasteiger partial charge in [0.2, 0.25) is 10.0 Å². The monoisotopic (exact) mass is 320 g/mol. The van der Waals surface area contributed by atoms with E-state index < -0.39 is 10.0 Å². The number of sulfonamides is 1. The highest BCUT2D eigenvalue weighted by Gasteiger charge is 2.18. The molecule has 116 valence electrons. The Hall–Kier alpha value is -2.12. The Morgan fingerprint density at radius 2 is 1.91 bits per heavy atom. The number of fused-ring (bicyclic) bond motifs is 1. The molecule has 0 unspecified atom stereocenters. The maximum atomic E-state index is 12.3. The second-order valence-electron chi connectivity index (χ2n) is 4.77. The molecule has 0 saturated carbocycles. The number of nitrogens with zero attached hydrogens (tertiary/aromatic N) is 1. The number of rotatable bonds is 5. The molecule has 2 aromatic rings. The molecule has 1 N–H and O–H groups in total. The standard InChI is InChI=1S/C15H16N2O4S/c18-22(19,17-8-6-12-3-1-2-7-16-12)13-4-5-14-15(11-13)21-10-9-20-14/h1-5,7,11,17H,6,8-10H2. The zero-order valence-corrected chi connectivity index (χ0v) is 12.7. The molecule has 3 rings (SSSR count). The maximum absolute atomic E-state index is 12.3. The van der Waals surface area contributed by atoms with E-state index in [1.54, 1.807) is 12.3 Å². The van der Waals surface area contributed by atoms with Crippen molar-refractivity contribution in [2.45, 2.75) is 11.3 Å². The molecule has 0 amide bonds. The predicted octanol–water partition coefficient (Wildman–Crippen LogP) is 1.37. The molecular weight excluding hydrogens is 304 g/mol. The average Bonchev–Trinajstić information content (AvgIpc) is 2.55. The van der Waals surface area contributed by atoms with Gasteiger partial charge in [0.15, 0.2) is 11.5 Å². The first-order valence-corrected chi connectivity index (χ1v) is 8.43. The summed E-state index contributed by atoms with van der Waals surface area (Å²) in [4.78, 5) is 4.32. The van der Waals surface area contributed by atoms with Gasteiger partial charge in [0.05, 0.1) is 4.90 Å². The third-order valence-corrected chi connectivity index (χ3v) is 4.68. The van der Waals surface area contributed by atoms with Crippen LogP contribution in [0.15, 0.2) is 47.5 Å². The van der Waals surface area contributed by atoms with Gasteiger partial charge in [-0.2, -0.15) is 0 Å². The van der Waals surface area contributed by atoms with Gasteiger partial charge < -0.3 is 9.47 Å². The number of aromatic nitrogens is 1. The molecule has 0 saturated heterocycles. The predicted molar refractivity (Wildman–Crippen MR) is 80.6 cm³/mol. The van der Waals surface area contributed by atoms with Gasteiger partial charge in [0.1, 0.15) is 13.2 Å². The van der Waals surface area contributed by atoms with Crippen LogP contribution < -0.4 is 14.2 Å². The molecule has 22 heavy (non-hydrogen) atoms. The summed E-state index contributed by atoms with van der Waals surface area (Å²) in [5, 5.41) is 0. The number of ether oxygens (including phenoxy) is 2. The first-order valence-electron chi connectivity index (χ1n) is 6.94. The van der Waals surface area contributed by atoms with E-state index in [0.717, 1.165) is 5.69 Å². The van der Waals surface area contributed by atoms with Gasteiger partial charge in [-0.25, -0.2) is 13.1 Å². The van der Waals surface area contributed by atoms with E-state index in [1.165, 1.54) is 12.1 Å². The van der Waals surface area contributed by atoms with Crippen LogP contribution in [0.4, 0.5) is 0 Å². The fourth-order valence-corrected chi connectivity index (χ4v) is 3.18. The minimum Gasteiger partial charge on any atom is -0.486 e. The van der Waals surface area contributed by atoms with Gasteiger partial charge in [0, 0.05) is 30.9 Å². The molecule has 0 atom stereocenters. The summed E-state index contributed by atoms with van der Waals surface area (Å²) >= 11 is 0. The van der Waals surface area contributed by atoms with Crippen molar-refractivity contribution in [1.82, 2.24) is 9.71 Å². The first-order chi connectivity index (χ1) is 10.6. The lowest BCUT2D eigenvalue weighted by molar-refractivity contribution is 0.171. The third-order valence-electron chi connectivity index (χ3n) is 3.22. The van der Waals surface area contributed by atoms with Gasteiger partial charge in [0.25, 0.3) is 0 Å². The van der Waals surface area contributed by atoms with Gasteiger partial charge in [-0.15, -0.1) is 0 Å². The minimum atomic E-state index is -3.58. The van der Waals surface area contributed by atoms with E-state index in [1.807, 2.05) is 18.2 Å². The number of hydrogen-bond acceptors (Lipinski definition) is 5. The van der Waals surface area contributed by atoms with E-state index in [4.69, 9.17) is 9.47 Å². The first kappa shape index (κ1) is 14.8. The van der Waals surface area contributed by atoms with E-state index in [-0.39, 0.29) is 11.4 Å². The second kappa shape index (κ2) is 6.33. The molecule has 1 aromatic carbocycles. The van der Waals surface area contributed by atoms with Crippen molar-refractivity contribution < 1.29 is 17.9 Å². The quantitative estimate of drug-likeness (QED) is 0.900. The fourth-order valence-electron chi connectivity index (χ4n) is 2.13. The topological polar surface area (TPSA) is 77.5 Å². The van der Waals surface area contributed by atoms with Crippen molar-refractivity contribution in [2.75, 3.05) is 19.8 Å². The maximum Gasteiger partial charge on any atom is 0.240 e. The minimum absolute atomic E-state index is 0.165. The lowest BCUT2D eigenvalue weighted by Gasteiger charge is -2.18. The highest BCUT2D eigenvalue weighted by Crippen LogP contribution is 2.32. The summed E-state index contributed by atoms with van der Waals surface area (Å²) in [6.45, 7) is 1.18. The Labute approximate surface area is 129 Å². The molecular formula is C15H16N2O4S. The molecule has 7 heteroatoms. The number of hydrogen-bond donors (Lipinski definition) is 1. The van der Waals surface area contributed by atoms with Crippen molar-refractivity contribution in [3.63, 3.8) is 0 Å². The molecule has 2 heterocycles. The van der Waals surface area contributed by atoms with Gasteiger partial charge in [-0.05, 0) is 24.3 Å². The van der Waals surface area contributed by atoms with Gasteiger partial charge in [-0.3, -0.25) is 4.98 Å². The largest absolute Gasteiger partial charge is 0.486 e. The van der Waals surface area contributed by atoms with Crippen LogP contribution in [0.3, 0.4) is 0 Å². The number of benzene rings is 1. The second-order valence-corrected chi connectivity index (χ2v) is 6.54. The van der Waals surface area contributed by atoms with Crippen LogP contribution in [0.5, 0.6) is 11.5 Å². The van der Waals surface area contributed by atoms with Crippen LogP contribution in [-0.4, -0.2) is 33.2 Å². The normalized spacial score (nSPS) is 13.8. The van der Waals surface area contributed by atoms with E-state index >= 15 is 0 Å². The molecule has 0 spiro atoms. The van der Waals surface area contributed by atoms with Crippen LogP contribution in [0.25, 0.3) is 0 Å². The van der Waals surface area contributed by atoms with E-state index in [2.05, 4.69) is 9.71 Å². The molecule has 1 aliphatic rings. The van der Waals surface area contributed by atoms with Crippen LogP contribution in [-0.2, 0) is 16.4 Å². The highest BCUT2D eigenvalue weighted by molar-refractivity contribution is 7.89. The summed E-state index contributed by atoms with van der Waals surface area (Å²) in [5.41, 5.74) is 0.840. The zero-order valence-electron chi connectivity index (χ0n) is 11.9. The summed E-state index contributed by atoms with van der Waals surface area (Å²) < 4.78 is 37.9. The Bertz CT molecular complexity index is 747. The van der Waals surface area contributed by atoms with E-state index in [9.17, 15) is 8.42 Å². The molecule has 0 fully saturated rings. The Morgan fingerprint density at radius 3 is 2.68 bits per heavy atom. The van der Waals surface area contributed by atoms with Crippen LogP contribution >= 0.6 is 0 Å². The van der Waals surface area contributed by atoms with E-state index in [0.29, 0.717) is 31.1 Å². The summed E-state index contributed by atoms with van der Waals surface area (Å²) in [6, 6.07) is 10.2. The average molecular weight is 320 g/mol. The van der Waals surface area contributed by atoms with Gasteiger partial charge in [-0.1, -0.05) is 6.07 Å². The number of pyridine rings is 1. The van der Waals surface area contributed by atoms with Crippen molar-refractivity contribution >= 4 is 10.0 Å². The van der Waals surface area contributed by atoms with Crippen molar-refractivity contribution in [3.05, 3.63) is 48.3 Å². The van der Waals surface area contributed by atoms with Crippen molar-refractivity contribution in [1.29, 1.82) is 0 Å². The van der Waals surface area contributed by atoms with Crippen molar-refractivity contribution in [2.24, 2.45) is 0 Å². The Morgan fingerprint density at radius 1 is 1.09 bits per heavy atom. The summed E-state index contributed by atoms with van der Waals surface area (Å²) in [7, 11) is -3.58. The number of nitrogens with one attached hydrogen (secondary N) is 1. The molecule has 1 aliphatic heterocycles. The molecule has 0 radical (unpaired) electrons. The molecule has 6 nitrogen and oxygen atoms in total. The Kier molecular flexibility index (Phi) is 4.26. The highest BCUT2D eigenvalue weighted by atomic mass is 32.2. The van der Waals surface area contributed by atoms with Gasteiger partial charge >= 0.3 is 0 Å². The smallest absolute Gasteiger partial charge is 0.240 e. The molecule has 0 aliphatic carbocycles. The molecule has 1 aromatic heterocycles.